The lowest BCUT2D eigenvalue weighted by molar-refractivity contribution is 0.0780. The molecule has 22 heavy (non-hydrogen) atoms. The van der Waals surface area contributed by atoms with Crippen LogP contribution in [-0.2, 0) is 0 Å². The number of carbonyl (C=O) groups is 1. The highest BCUT2D eigenvalue weighted by atomic mass is 19.3. The Morgan fingerprint density at radius 2 is 2.23 bits per heavy atom. The summed E-state index contributed by atoms with van der Waals surface area (Å²) < 4.78 is 31.2. The van der Waals surface area contributed by atoms with Gasteiger partial charge in [0.15, 0.2) is 6.61 Å². The molecule has 1 aliphatic rings. The summed E-state index contributed by atoms with van der Waals surface area (Å²) in [6.07, 6.45) is 4.24. The summed E-state index contributed by atoms with van der Waals surface area (Å²) >= 11 is 0. The van der Waals surface area contributed by atoms with Crippen molar-refractivity contribution in [1.29, 1.82) is 0 Å². The lowest BCUT2D eigenvalue weighted by Crippen LogP contribution is -2.18. The molecule has 1 N–H and O–H groups in total. The minimum absolute atomic E-state index is 0.0912. The van der Waals surface area contributed by atoms with Crippen LogP contribution in [0, 0.1) is 0 Å². The summed E-state index contributed by atoms with van der Waals surface area (Å²) in [5, 5.41) is 2.66. The lowest BCUT2D eigenvalue weighted by Gasteiger charge is -2.11. The van der Waals surface area contributed by atoms with E-state index in [1.54, 1.807) is 12.4 Å². The molecule has 6 nitrogen and oxygen atoms in total. The standard InChI is InChI=1S/C14H14F2N4O2/c15-11(16)8-22-13-10(2-1-5-17-13)12(21)19-14-18-6-7-20(14)9-3-4-9/h1-2,5-7,9,11H,3-4,8H2,(H,18,19,21). The van der Waals surface area contributed by atoms with Gasteiger partial charge in [-0.1, -0.05) is 0 Å². The zero-order valence-electron chi connectivity index (χ0n) is 11.6. The van der Waals surface area contributed by atoms with Gasteiger partial charge < -0.3 is 9.30 Å². The number of amides is 1. The Hall–Kier alpha value is -2.51. The van der Waals surface area contributed by atoms with Gasteiger partial charge in [0.1, 0.15) is 5.56 Å². The molecule has 2 aromatic rings. The molecular weight excluding hydrogens is 294 g/mol. The average molecular weight is 308 g/mol. The average Bonchev–Trinajstić information content (AvgIpc) is 3.25. The summed E-state index contributed by atoms with van der Waals surface area (Å²) in [7, 11) is 0. The van der Waals surface area contributed by atoms with Crippen LogP contribution in [0.1, 0.15) is 29.2 Å². The number of anilines is 1. The van der Waals surface area contributed by atoms with E-state index in [1.165, 1.54) is 18.3 Å². The molecule has 2 heterocycles. The molecule has 1 aliphatic carbocycles. The molecule has 0 spiro atoms. The molecule has 3 rings (SSSR count). The minimum Gasteiger partial charge on any atom is -0.471 e. The van der Waals surface area contributed by atoms with E-state index in [-0.39, 0.29) is 11.4 Å². The summed E-state index contributed by atoms with van der Waals surface area (Å²) in [5.74, 6) is -0.188. The Morgan fingerprint density at radius 3 is 2.95 bits per heavy atom. The highest BCUT2D eigenvalue weighted by molar-refractivity contribution is 6.05. The van der Waals surface area contributed by atoms with E-state index < -0.39 is 18.9 Å². The number of hydrogen-bond donors (Lipinski definition) is 1. The van der Waals surface area contributed by atoms with E-state index in [9.17, 15) is 13.6 Å². The Kier molecular flexibility index (Phi) is 3.99. The van der Waals surface area contributed by atoms with Crippen molar-refractivity contribution in [2.75, 3.05) is 11.9 Å². The molecule has 0 bridgehead atoms. The molecule has 0 aromatic carbocycles. The zero-order chi connectivity index (χ0) is 15.5. The molecule has 1 fully saturated rings. The van der Waals surface area contributed by atoms with E-state index in [0.29, 0.717) is 12.0 Å². The van der Waals surface area contributed by atoms with Gasteiger partial charge in [0.25, 0.3) is 12.3 Å². The highest BCUT2D eigenvalue weighted by Gasteiger charge is 2.26. The number of halogens is 2. The zero-order valence-corrected chi connectivity index (χ0v) is 11.6. The second-order valence-electron chi connectivity index (χ2n) is 4.90. The van der Waals surface area contributed by atoms with Gasteiger partial charge in [-0.25, -0.2) is 18.7 Å². The summed E-state index contributed by atoms with van der Waals surface area (Å²) in [5.41, 5.74) is 0.0912. The molecule has 116 valence electrons. The highest BCUT2D eigenvalue weighted by Crippen LogP contribution is 2.36. The van der Waals surface area contributed by atoms with Gasteiger partial charge in [0.05, 0.1) is 0 Å². The molecule has 8 heteroatoms. The van der Waals surface area contributed by atoms with Crippen molar-refractivity contribution in [3.8, 4) is 5.88 Å². The Morgan fingerprint density at radius 1 is 1.41 bits per heavy atom. The van der Waals surface area contributed by atoms with Crippen LogP contribution in [0.25, 0.3) is 0 Å². The van der Waals surface area contributed by atoms with Crippen molar-refractivity contribution in [3.63, 3.8) is 0 Å². The lowest BCUT2D eigenvalue weighted by atomic mass is 10.2. The van der Waals surface area contributed by atoms with E-state index in [2.05, 4.69) is 15.3 Å². The SMILES string of the molecule is O=C(Nc1nccn1C1CC1)c1cccnc1OCC(F)F. The fraction of sp³-hybridized carbons (Fsp3) is 0.357. The van der Waals surface area contributed by atoms with Crippen LogP contribution < -0.4 is 10.1 Å². The number of imidazole rings is 1. The van der Waals surface area contributed by atoms with Gasteiger partial charge >= 0.3 is 0 Å². The summed E-state index contributed by atoms with van der Waals surface area (Å²) in [6, 6.07) is 3.37. The van der Waals surface area contributed by atoms with Crippen LogP contribution in [0.3, 0.4) is 0 Å². The first kappa shape index (κ1) is 14.4. The van der Waals surface area contributed by atoms with E-state index >= 15 is 0 Å². The molecule has 0 atom stereocenters. The monoisotopic (exact) mass is 308 g/mol. The van der Waals surface area contributed by atoms with Crippen LogP contribution in [0.2, 0.25) is 0 Å². The van der Waals surface area contributed by atoms with Crippen LogP contribution in [0.4, 0.5) is 14.7 Å². The van der Waals surface area contributed by atoms with Crippen LogP contribution in [0.15, 0.2) is 30.7 Å². The summed E-state index contributed by atoms with van der Waals surface area (Å²) in [4.78, 5) is 20.2. The third kappa shape index (κ3) is 3.21. The fourth-order valence-corrected chi connectivity index (χ4v) is 2.05. The summed E-state index contributed by atoms with van der Waals surface area (Å²) in [6.45, 7) is -0.812. The largest absolute Gasteiger partial charge is 0.471 e. The van der Waals surface area contributed by atoms with Crippen LogP contribution in [-0.4, -0.2) is 33.5 Å². The smallest absolute Gasteiger partial charge is 0.272 e. The maximum atomic E-state index is 12.3. The predicted octanol–water partition coefficient (Wildman–Crippen LogP) is 2.51. The molecule has 1 saturated carbocycles. The maximum Gasteiger partial charge on any atom is 0.272 e. The number of ether oxygens (including phenoxy) is 1. The topological polar surface area (TPSA) is 69.0 Å². The fourth-order valence-electron chi connectivity index (χ4n) is 2.05. The van der Waals surface area contributed by atoms with E-state index in [4.69, 9.17) is 4.74 Å². The van der Waals surface area contributed by atoms with Crippen LogP contribution >= 0.6 is 0 Å². The van der Waals surface area contributed by atoms with Crippen molar-refractivity contribution >= 4 is 11.9 Å². The van der Waals surface area contributed by atoms with Gasteiger partial charge in [-0.3, -0.25) is 10.1 Å². The number of carbonyl (C=O) groups excluding carboxylic acids is 1. The second kappa shape index (κ2) is 6.08. The number of alkyl halides is 2. The molecule has 0 unspecified atom stereocenters. The van der Waals surface area contributed by atoms with Crippen molar-refractivity contribution in [2.24, 2.45) is 0 Å². The first-order valence-electron chi connectivity index (χ1n) is 6.85. The normalized spacial score (nSPS) is 14.1. The van der Waals surface area contributed by atoms with Gasteiger partial charge in [0, 0.05) is 24.6 Å². The predicted molar refractivity (Wildman–Crippen MR) is 74.2 cm³/mol. The quantitative estimate of drug-likeness (QED) is 0.890. The molecule has 0 saturated heterocycles. The van der Waals surface area contributed by atoms with E-state index in [1.807, 2.05) is 4.57 Å². The number of aromatic nitrogens is 3. The van der Waals surface area contributed by atoms with E-state index in [0.717, 1.165) is 12.8 Å². The number of hydrogen-bond acceptors (Lipinski definition) is 4. The molecule has 2 aromatic heterocycles. The minimum atomic E-state index is -2.63. The molecular formula is C14H14F2N4O2. The van der Waals surface area contributed by atoms with Gasteiger partial charge in [-0.05, 0) is 25.0 Å². The van der Waals surface area contributed by atoms with Gasteiger partial charge in [-0.15, -0.1) is 0 Å². The molecule has 1 amide bonds. The number of pyridine rings is 1. The Balaban J connectivity index is 1.75. The third-order valence-electron chi connectivity index (χ3n) is 3.20. The number of nitrogens with zero attached hydrogens (tertiary/aromatic N) is 3. The van der Waals surface area contributed by atoms with Crippen molar-refractivity contribution in [3.05, 3.63) is 36.3 Å². The first-order valence-corrected chi connectivity index (χ1v) is 6.85. The number of nitrogens with one attached hydrogen (secondary N) is 1. The van der Waals surface area contributed by atoms with Crippen molar-refractivity contribution in [1.82, 2.24) is 14.5 Å². The Bertz CT molecular complexity index is 670. The molecule has 0 radical (unpaired) electrons. The van der Waals surface area contributed by atoms with Crippen molar-refractivity contribution in [2.45, 2.75) is 25.3 Å². The van der Waals surface area contributed by atoms with Gasteiger partial charge in [-0.2, -0.15) is 0 Å². The third-order valence-corrected chi connectivity index (χ3v) is 3.20. The Labute approximate surface area is 125 Å². The van der Waals surface area contributed by atoms with Crippen LogP contribution in [0.5, 0.6) is 5.88 Å². The molecule has 0 aliphatic heterocycles. The van der Waals surface area contributed by atoms with Gasteiger partial charge in [0.2, 0.25) is 11.8 Å². The second-order valence-corrected chi connectivity index (χ2v) is 4.90. The number of rotatable bonds is 6. The van der Waals surface area contributed by atoms with Crippen molar-refractivity contribution < 1.29 is 18.3 Å². The first-order chi connectivity index (χ1) is 10.6. The maximum absolute atomic E-state index is 12.3.